The van der Waals surface area contributed by atoms with Crippen LogP contribution in [0.4, 0.5) is 0 Å². The van der Waals surface area contributed by atoms with Gasteiger partial charge in [-0.2, -0.15) is 0 Å². The predicted molar refractivity (Wildman–Crippen MR) is 109 cm³/mol. The zero-order chi connectivity index (χ0) is 18.8. The van der Waals surface area contributed by atoms with Crippen LogP contribution >= 0.6 is 0 Å². The molecule has 5 rings (SSSR count). The molecule has 3 heteroatoms. The second kappa shape index (κ2) is 5.48. The molecule has 2 aliphatic rings. The van der Waals surface area contributed by atoms with Gasteiger partial charge in [0.15, 0.2) is 0 Å². The summed E-state index contributed by atoms with van der Waals surface area (Å²) in [5.41, 5.74) is 4.85. The Bertz CT molecular complexity index is 1060. The van der Waals surface area contributed by atoms with Crippen LogP contribution in [0.2, 0.25) is 0 Å². The van der Waals surface area contributed by atoms with E-state index in [0.717, 1.165) is 30.6 Å². The van der Waals surface area contributed by atoms with Crippen LogP contribution in [-0.2, 0) is 12.0 Å². The summed E-state index contributed by atoms with van der Waals surface area (Å²) in [7, 11) is 0. The lowest BCUT2D eigenvalue weighted by Gasteiger charge is -2.36. The summed E-state index contributed by atoms with van der Waals surface area (Å²) >= 11 is 0. The predicted octanol–water partition coefficient (Wildman–Crippen LogP) is 4.86. The van der Waals surface area contributed by atoms with Gasteiger partial charge in [-0.25, -0.2) is 4.68 Å². The number of benzene rings is 2. The maximum atomic E-state index is 13.6. The molecule has 1 heterocycles. The first kappa shape index (κ1) is 16.6. The van der Waals surface area contributed by atoms with Crippen LogP contribution < -0.4 is 5.56 Å². The van der Waals surface area contributed by atoms with Crippen LogP contribution in [0.3, 0.4) is 0 Å². The van der Waals surface area contributed by atoms with Gasteiger partial charge < -0.3 is 0 Å². The number of hydrogen-bond acceptors (Lipinski definition) is 1. The molecule has 1 aromatic heterocycles. The first-order valence-electron chi connectivity index (χ1n) is 9.91. The Labute approximate surface area is 160 Å². The van der Waals surface area contributed by atoms with Gasteiger partial charge in [0.25, 0.3) is 5.56 Å². The molecule has 2 aliphatic carbocycles. The average Bonchev–Trinajstić information content (AvgIpc) is 3.15. The van der Waals surface area contributed by atoms with Crippen molar-refractivity contribution in [3.8, 4) is 5.69 Å². The quantitative estimate of drug-likeness (QED) is 0.657. The van der Waals surface area contributed by atoms with Crippen molar-refractivity contribution >= 4 is 0 Å². The fourth-order valence-electron chi connectivity index (χ4n) is 5.62. The van der Waals surface area contributed by atoms with E-state index in [1.54, 1.807) is 0 Å². The van der Waals surface area contributed by atoms with Gasteiger partial charge in [-0.3, -0.25) is 9.48 Å². The number of para-hydroxylation sites is 1. The Balaban J connectivity index is 1.80. The molecule has 0 unspecified atom stereocenters. The van der Waals surface area contributed by atoms with Crippen LogP contribution in [0.5, 0.6) is 0 Å². The molecule has 138 valence electrons. The van der Waals surface area contributed by atoms with Crippen LogP contribution in [0.15, 0.2) is 65.5 Å². The number of rotatable bonds is 3. The third-order valence-electron chi connectivity index (χ3n) is 7.45. The van der Waals surface area contributed by atoms with E-state index < -0.39 is 0 Å². The molecular weight excluding hydrogens is 332 g/mol. The van der Waals surface area contributed by atoms with E-state index in [1.165, 1.54) is 11.3 Å². The van der Waals surface area contributed by atoms with Crippen molar-refractivity contribution < 1.29 is 0 Å². The molecule has 3 aromatic rings. The van der Waals surface area contributed by atoms with Gasteiger partial charge in [0, 0.05) is 11.0 Å². The Morgan fingerprint density at radius 3 is 2.26 bits per heavy atom. The fraction of sp³-hybridized carbons (Fsp3) is 0.375. The van der Waals surface area contributed by atoms with E-state index in [2.05, 4.69) is 49.7 Å². The first-order chi connectivity index (χ1) is 12.9. The van der Waals surface area contributed by atoms with Crippen LogP contribution in [0, 0.1) is 5.41 Å². The van der Waals surface area contributed by atoms with Crippen molar-refractivity contribution in [3.63, 3.8) is 0 Å². The molecular formula is C24H26N2O. The zero-order valence-electron chi connectivity index (χ0n) is 16.3. The Morgan fingerprint density at radius 1 is 0.963 bits per heavy atom. The van der Waals surface area contributed by atoms with E-state index in [9.17, 15) is 4.79 Å². The van der Waals surface area contributed by atoms with Crippen molar-refractivity contribution in [2.45, 2.75) is 51.5 Å². The van der Waals surface area contributed by atoms with Gasteiger partial charge in [0.2, 0.25) is 0 Å². The molecule has 0 saturated heterocycles. The van der Waals surface area contributed by atoms with E-state index in [1.807, 2.05) is 41.1 Å². The van der Waals surface area contributed by atoms with Crippen LogP contribution in [0.25, 0.3) is 5.69 Å². The largest absolute Gasteiger partial charge is 0.277 e. The van der Waals surface area contributed by atoms with Crippen LogP contribution in [0.1, 0.15) is 56.4 Å². The van der Waals surface area contributed by atoms with Gasteiger partial charge in [0.05, 0.1) is 17.9 Å². The summed E-state index contributed by atoms with van der Waals surface area (Å²) in [5, 5.41) is 0. The third-order valence-corrected chi connectivity index (χ3v) is 7.45. The highest BCUT2D eigenvalue weighted by atomic mass is 16.1. The molecule has 0 radical (unpaired) electrons. The first-order valence-corrected chi connectivity index (χ1v) is 9.91. The maximum Gasteiger partial charge on any atom is 0.275 e. The summed E-state index contributed by atoms with van der Waals surface area (Å²) in [4.78, 5) is 13.6. The van der Waals surface area contributed by atoms with Crippen molar-refractivity contribution in [1.29, 1.82) is 0 Å². The standard InChI is InChI=1S/C24H26N2O/c1-23(2)19-14-15-24(23,3)21-20(19)22(27)26(18-12-8-5-9-13-18)25(21)16-17-10-6-4-7-11-17/h4-13,19H,14-16H2,1-3H3/t19-,24+/m1/s1. The second-order valence-electron chi connectivity index (χ2n) is 8.90. The Kier molecular flexibility index (Phi) is 3.37. The van der Waals surface area contributed by atoms with E-state index in [4.69, 9.17) is 0 Å². The van der Waals surface area contributed by atoms with Crippen LogP contribution in [-0.4, -0.2) is 9.36 Å². The summed E-state index contributed by atoms with van der Waals surface area (Å²) in [6.07, 6.45) is 2.28. The minimum absolute atomic E-state index is 0.0426. The molecule has 2 aromatic carbocycles. The van der Waals surface area contributed by atoms with Gasteiger partial charge >= 0.3 is 0 Å². The minimum atomic E-state index is 0.0426. The van der Waals surface area contributed by atoms with Crippen molar-refractivity contribution in [3.05, 3.63) is 87.8 Å². The molecule has 1 fully saturated rings. The highest BCUT2D eigenvalue weighted by Crippen LogP contribution is 2.67. The molecule has 3 nitrogen and oxygen atoms in total. The van der Waals surface area contributed by atoms with E-state index >= 15 is 0 Å². The van der Waals surface area contributed by atoms with E-state index in [0.29, 0.717) is 5.92 Å². The molecule has 0 spiro atoms. The summed E-state index contributed by atoms with van der Waals surface area (Å²) in [6.45, 7) is 7.79. The second-order valence-corrected chi connectivity index (χ2v) is 8.90. The monoisotopic (exact) mass is 358 g/mol. The van der Waals surface area contributed by atoms with E-state index in [-0.39, 0.29) is 16.4 Å². The number of hydrogen-bond donors (Lipinski definition) is 0. The highest BCUT2D eigenvalue weighted by Gasteiger charge is 2.62. The number of aromatic nitrogens is 2. The summed E-state index contributed by atoms with van der Waals surface area (Å²) < 4.78 is 4.19. The van der Waals surface area contributed by atoms with Gasteiger partial charge in [-0.05, 0) is 41.9 Å². The lowest BCUT2D eigenvalue weighted by Crippen LogP contribution is -2.36. The molecule has 0 aliphatic heterocycles. The zero-order valence-corrected chi connectivity index (χ0v) is 16.3. The molecule has 2 atom stereocenters. The lowest BCUT2D eigenvalue weighted by molar-refractivity contribution is 0.216. The van der Waals surface area contributed by atoms with Crippen molar-refractivity contribution in [1.82, 2.24) is 9.36 Å². The Morgan fingerprint density at radius 2 is 1.59 bits per heavy atom. The molecule has 0 N–H and O–H groups in total. The molecule has 27 heavy (non-hydrogen) atoms. The van der Waals surface area contributed by atoms with Gasteiger partial charge in [-0.15, -0.1) is 0 Å². The fourth-order valence-corrected chi connectivity index (χ4v) is 5.62. The average molecular weight is 358 g/mol. The third kappa shape index (κ3) is 2.06. The smallest absolute Gasteiger partial charge is 0.275 e. The van der Waals surface area contributed by atoms with Crippen molar-refractivity contribution in [2.75, 3.05) is 0 Å². The lowest BCUT2D eigenvalue weighted by atomic mass is 9.70. The number of fused-ring (bicyclic) bond motifs is 5. The Hall–Kier alpha value is -2.55. The summed E-state index contributed by atoms with van der Waals surface area (Å²) in [5.74, 6) is 0.358. The topological polar surface area (TPSA) is 26.9 Å². The molecule has 0 amide bonds. The normalized spacial score (nSPS) is 24.9. The summed E-state index contributed by atoms with van der Waals surface area (Å²) in [6, 6.07) is 20.6. The SMILES string of the molecule is CC1(C)[C@@H]2CC[C@@]1(C)c1c2c(=O)n(-c2ccccc2)n1Cc1ccccc1. The van der Waals surface area contributed by atoms with Gasteiger partial charge in [-0.1, -0.05) is 69.3 Å². The minimum Gasteiger partial charge on any atom is -0.277 e. The molecule has 2 bridgehead atoms. The number of nitrogens with zero attached hydrogens (tertiary/aromatic N) is 2. The van der Waals surface area contributed by atoms with Gasteiger partial charge in [0.1, 0.15) is 0 Å². The molecule has 1 saturated carbocycles. The maximum absolute atomic E-state index is 13.6. The van der Waals surface area contributed by atoms with Crippen molar-refractivity contribution in [2.24, 2.45) is 5.41 Å². The highest BCUT2D eigenvalue weighted by molar-refractivity contribution is 5.47.